The van der Waals surface area contributed by atoms with Crippen LogP contribution in [0.4, 0.5) is 0 Å². The zero-order valence-electron chi connectivity index (χ0n) is 10.8. The lowest BCUT2D eigenvalue weighted by Gasteiger charge is -2.10. The molecule has 1 aromatic heterocycles. The number of hydrogen-bond acceptors (Lipinski definition) is 4. The van der Waals surface area contributed by atoms with E-state index in [-0.39, 0.29) is 18.2 Å². The summed E-state index contributed by atoms with van der Waals surface area (Å²) >= 11 is 0. The van der Waals surface area contributed by atoms with E-state index in [1.165, 1.54) is 5.69 Å². The smallest absolute Gasteiger partial charge is 0.175 e. The fraction of sp³-hybridized carbons (Fsp3) is 0.833. The largest absolute Gasteiger partial charge is 0.388 e. The number of aliphatic hydroxyl groups excluding tert-OH is 1. The second kappa shape index (κ2) is 4.60. The minimum Gasteiger partial charge on any atom is -0.388 e. The van der Waals surface area contributed by atoms with Crippen LogP contribution in [0.25, 0.3) is 0 Å². The fourth-order valence-electron chi connectivity index (χ4n) is 2.80. The molecule has 4 atom stereocenters. The van der Waals surface area contributed by atoms with E-state index in [2.05, 4.69) is 18.3 Å². The van der Waals surface area contributed by atoms with Gasteiger partial charge >= 0.3 is 0 Å². The van der Waals surface area contributed by atoms with Gasteiger partial charge < -0.3 is 14.6 Å². The Balaban J connectivity index is 1.81. The molecule has 1 aromatic rings. The first-order valence-electron chi connectivity index (χ1n) is 6.56. The van der Waals surface area contributed by atoms with E-state index in [1.807, 2.05) is 16.4 Å². The molecule has 2 saturated heterocycles. The van der Waals surface area contributed by atoms with Crippen molar-refractivity contribution in [3.8, 4) is 0 Å². The van der Waals surface area contributed by atoms with E-state index in [0.717, 1.165) is 12.8 Å². The van der Waals surface area contributed by atoms with Crippen LogP contribution in [0, 0.1) is 0 Å². The lowest BCUT2D eigenvalue weighted by Crippen LogP contribution is -2.48. The van der Waals surface area contributed by atoms with E-state index in [4.69, 9.17) is 9.47 Å². The predicted octanol–water partition coefficient (Wildman–Crippen LogP) is -0.640. The maximum atomic E-state index is 9.72. The molecule has 18 heavy (non-hydrogen) atoms. The monoisotopic (exact) mass is 254 g/mol. The third-order valence-corrected chi connectivity index (χ3v) is 3.78. The average molecular weight is 254 g/mol. The van der Waals surface area contributed by atoms with Crippen molar-refractivity contribution < 1.29 is 19.3 Å². The van der Waals surface area contributed by atoms with Gasteiger partial charge in [0.25, 0.3) is 0 Å². The van der Waals surface area contributed by atoms with Crippen LogP contribution in [0.2, 0.25) is 0 Å². The van der Waals surface area contributed by atoms with Gasteiger partial charge in [-0.15, -0.1) is 9.36 Å². The summed E-state index contributed by atoms with van der Waals surface area (Å²) in [6.45, 7) is 3.07. The Morgan fingerprint density at radius 2 is 2.22 bits per heavy atom. The van der Waals surface area contributed by atoms with Gasteiger partial charge in [-0.05, 0) is 6.42 Å². The van der Waals surface area contributed by atoms with Crippen LogP contribution in [0.15, 0.2) is 6.20 Å². The van der Waals surface area contributed by atoms with Gasteiger partial charge in [0.1, 0.15) is 25.4 Å². The first-order valence-corrected chi connectivity index (χ1v) is 6.56. The van der Waals surface area contributed by atoms with E-state index in [0.29, 0.717) is 13.2 Å². The molecular formula is C12H20N3O3+. The van der Waals surface area contributed by atoms with Gasteiger partial charge in [-0.2, -0.15) is 0 Å². The van der Waals surface area contributed by atoms with Crippen LogP contribution in [-0.4, -0.2) is 46.5 Å². The van der Waals surface area contributed by atoms with Gasteiger partial charge in [0.05, 0.1) is 18.4 Å². The number of rotatable bonds is 3. The Bertz CT molecular complexity index is 434. The number of nitrogens with zero attached hydrogens (tertiary/aromatic N) is 3. The molecule has 0 amide bonds. The quantitative estimate of drug-likeness (QED) is 0.729. The SMILES string of the molecule is CCCc1c[n+]([C@@H]2COC3C2OC[C@H]3O)nn1C. The Morgan fingerprint density at radius 3 is 3.00 bits per heavy atom. The summed E-state index contributed by atoms with van der Waals surface area (Å²) in [6.07, 6.45) is 3.41. The third kappa shape index (κ3) is 1.84. The molecule has 0 aliphatic carbocycles. The number of aromatic nitrogens is 3. The molecule has 3 heterocycles. The molecule has 100 valence electrons. The van der Waals surface area contributed by atoms with Gasteiger partial charge in [-0.1, -0.05) is 6.92 Å². The summed E-state index contributed by atoms with van der Waals surface area (Å²) in [5.74, 6) is 0. The van der Waals surface area contributed by atoms with Gasteiger partial charge in [-0.3, -0.25) is 0 Å². The Hall–Kier alpha value is -0.980. The summed E-state index contributed by atoms with van der Waals surface area (Å²) in [7, 11) is 1.96. The topological polar surface area (TPSA) is 60.4 Å². The highest BCUT2D eigenvalue weighted by Crippen LogP contribution is 2.31. The van der Waals surface area contributed by atoms with Crippen molar-refractivity contribution in [1.82, 2.24) is 9.90 Å². The molecule has 0 spiro atoms. The molecular weight excluding hydrogens is 234 g/mol. The summed E-state index contributed by atoms with van der Waals surface area (Å²) in [5.41, 5.74) is 1.21. The lowest BCUT2D eigenvalue weighted by molar-refractivity contribution is -0.781. The minimum atomic E-state index is -0.501. The van der Waals surface area contributed by atoms with Crippen LogP contribution >= 0.6 is 0 Å². The Kier molecular flexibility index (Phi) is 3.09. The van der Waals surface area contributed by atoms with Crippen molar-refractivity contribution in [1.29, 1.82) is 0 Å². The molecule has 0 bridgehead atoms. The predicted molar refractivity (Wildman–Crippen MR) is 61.9 cm³/mol. The lowest BCUT2D eigenvalue weighted by atomic mass is 10.1. The zero-order chi connectivity index (χ0) is 12.7. The van der Waals surface area contributed by atoms with Gasteiger partial charge in [-0.25, -0.2) is 0 Å². The number of ether oxygens (including phenoxy) is 2. The van der Waals surface area contributed by atoms with Crippen molar-refractivity contribution in [2.24, 2.45) is 7.05 Å². The summed E-state index contributed by atoms with van der Waals surface area (Å²) in [6, 6.07) is 0.0731. The van der Waals surface area contributed by atoms with Gasteiger partial charge in [0.2, 0.25) is 0 Å². The molecule has 2 unspecified atom stereocenters. The van der Waals surface area contributed by atoms with Crippen LogP contribution in [-0.2, 0) is 22.9 Å². The minimum absolute atomic E-state index is 0.0731. The van der Waals surface area contributed by atoms with Crippen LogP contribution in [0.1, 0.15) is 25.1 Å². The summed E-state index contributed by atoms with van der Waals surface area (Å²) in [4.78, 5) is 0. The Labute approximate surface area is 106 Å². The number of aliphatic hydroxyl groups is 1. The van der Waals surface area contributed by atoms with Crippen molar-refractivity contribution in [2.45, 2.75) is 44.1 Å². The molecule has 2 fully saturated rings. The summed E-state index contributed by atoms with van der Waals surface area (Å²) < 4.78 is 15.1. The highest BCUT2D eigenvalue weighted by molar-refractivity contribution is 4.94. The van der Waals surface area contributed by atoms with Gasteiger partial charge in [0, 0.05) is 6.42 Å². The van der Waals surface area contributed by atoms with Crippen molar-refractivity contribution in [3.63, 3.8) is 0 Å². The highest BCUT2D eigenvalue weighted by atomic mass is 16.6. The first kappa shape index (κ1) is 12.1. The molecule has 6 nitrogen and oxygen atoms in total. The molecule has 1 N–H and O–H groups in total. The number of aryl methyl sites for hydroxylation is 2. The van der Waals surface area contributed by atoms with E-state index in [9.17, 15) is 5.11 Å². The highest BCUT2D eigenvalue weighted by Gasteiger charge is 2.50. The van der Waals surface area contributed by atoms with E-state index in [1.54, 1.807) is 0 Å². The molecule has 0 radical (unpaired) electrons. The maximum absolute atomic E-state index is 9.72. The number of fused-ring (bicyclic) bond motifs is 1. The van der Waals surface area contributed by atoms with E-state index < -0.39 is 6.10 Å². The molecule has 3 rings (SSSR count). The molecule has 6 heteroatoms. The van der Waals surface area contributed by atoms with Crippen molar-refractivity contribution in [3.05, 3.63) is 11.9 Å². The second-order valence-electron chi connectivity index (χ2n) is 5.09. The third-order valence-electron chi connectivity index (χ3n) is 3.78. The van der Waals surface area contributed by atoms with Crippen LogP contribution < -0.4 is 4.68 Å². The second-order valence-corrected chi connectivity index (χ2v) is 5.09. The van der Waals surface area contributed by atoms with Crippen molar-refractivity contribution >= 4 is 0 Å². The molecule has 0 aromatic carbocycles. The first-order chi connectivity index (χ1) is 8.70. The fourth-order valence-corrected chi connectivity index (χ4v) is 2.80. The maximum Gasteiger partial charge on any atom is 0.175 e. The Morgan fingerprint density at radius 1 is 1.44 bits per heavy atom. The van der Waals surface area contributed by atoms with Crippen molar-refractivity contribution in [2.75, 3.05) is 13.2 Å². The standard InChI is InChI=1S/C12H20N3O3/c1-3-4-8-5-15(13-14(8)2)9-6-17-12-10(16)7-18-11(9)12/h5,9-12,16H,3-4,6-7H2,1-2H3/q+1/t9-,10-,11?,12?/m1/s1. The molecule has 2 aliphatic rings. The average Bonchev–Trinajstić information content (AvgIpc) is 2.99. The molecule has 0 saturated carbocycles. The molecule has 2 aliphatic heterocycles. The number of hydrogen-bond donors (Lipinski definition) is 1. The van der Waals surface area contributed by atoms with Crippen LogP contribution in [0.3, 0.4) is 0 Å². The zero-order valence-corrected chi connectivity index (χ0v) is 10.8. The van der Waals surface area contributed by atoms with Gasteiger partial charge in [0.15, 0.2) is 17.9 Å². The normalized spacial score (nSPS) is 35.1. The van der Waals surface area contributed by atoms with Crippen LogP contribution in [0.5, 0.6) is 0 Å². The van der Waals surface area contributed by atoms with E-state index >= 15 is 0 Å². The summed E-state index contributed by atoms with van der Waals surface area (Å²) in [5, 5.41) is 14.2.